The molecule has 2 aromatic carbocycles. The van der Waals surface area contributed by atoms with Gasteiger partial charge in [-0.25, -0.2) is 17.9 Å². The monoisotopic (exact) mass is 448 g/mol. The summed E-state index contributed by atoms with van der Waals surface area (Å²) in [6, 6.07) is 9.01. The third kappa shape index (κ3) is 7.36. The molecule has 0 fully saturated rings. The van der Waals surface area contributed by atoms with Gasteiger partial charge in [-0.3, -0.25) is 0 Å². The second kappa shape index (κ2) is 11.2. The van der Waals surface area contributed by atoms with E-state index in [9.17, 15) is 12.8 Å². The molecule has 2 aromatic rings. The van der Waals surface area contributed by atoms with Crippen LogP contribution in [-0.4, -0.2) is 41.8 Å². The van der Waals surface area contributed by atoms with Gasteiger partial charge in [-0.15, -0.1) is 12.4 Å². The van der Waals surface area contributed by atoms with Crippen LogP contribution < -0.4 is 24.7 Å². The smallest absolute Gasteiger partial charge is 0.241 e. The van der Waals surface area contributed by atoms with E-state index in [0.29, 0.717) is 31.1 Å². The molecule has 0 spiro atoms. The van der Waals surface area contributed by atoms with E-state index < -0.39 is 15.8 Å². The topological polar surface area (TPSA) is 99.9 Å². The zero-order valence-corrected chi connectivity index (χ0v) is 18.1. The number of sulfonamides is 1. The van der Waals surface area contributed by atoms with Crippen molar-refractivity contribution in [3.63, 3.8) is 0 Å². The fourth-order valence-electron chi connectivity index (χ4n) is 2.73. The Bertz CT molecular complexity index is 911. The van der Waals surface area contributed by atoms with Crippen molar-refractivity contribution < 1.29 is 27.0 Å². The first-order chi connectivity index (χ1) is 13.2. The van der Waals surface area contributed by atoms with Crippen LogP contribution >= 0.6 is 12.4 Å². The maximum Gasteiger partial charge on any atom is 0.241 e. The maximum absolute atomic E-state index is 13.3. The molecular weight excluding hydrogens is 423 g/mol. The van der Waals surface area contributed by atoms with Crippen LogP contribution in [0.4, 0.5) is 4.39 Å². The largest absolute Gasteiger partial charge is 0.495 e. The highest BCUT2D eigenvalue weighted by molar-refractivity contribution is 7.89. The number of halogens is 2. The third-order valence-electron chi connectivity index (χ3n) is 4.05. The summed E-state index contributed by atoms with van der Waals surface area (Å²) < 4.78 is 52.5. The Hall–Kier alpha value is -2.07. The van der Waals surface area contributed by atoms with Gasteiger partial charge in [-0.1, -0.05) is 6.07 Å². The van der Waals surface area contributed by atoms with E-state index in [2.05, 4.69) is 5.32 Å². The molecule has 0 saturated carbocycles. The van der Waals surface area contributed by atoms with E-state index in [-0.39, 0.29) is 29.1 Å². The van der Waals surface area contributed by atoms with Crippen LogP contribution in [0.1, 0.15) is 12.5 Å². The molecule has 162 valence electrons. The molecule has 10 heteroatoms. The highest BCUT2D eigenvalue weighted by atomic mass is 35.5. The summed E-state index contributed by atoms with van der Waals surface area (Å²) in [5.41, 5.74) is 0.803. The number of hydrogen-bond acceptors (Lipinski definition) is 6. The molecule has 3 N–H and O–H groups in total. The molecule has 2 rings (SSSR count). The molecule has 0 bridgehead atoms. The van der Waals surface area contributed by atoms with E-state index in [4.69, 9.17) is 19.3 Å². The van der Waals surface area contributed by atoms with Gasteiger partial charge in [0.15, 0.2) is 11.5 Å². The summed E-state index contributed by atoms with van der Waals surface area (Å²) >= 11 is 0. The molecule has 0 aliphatic carbocycles. The molecule has 0 saturated heterocycles. The molecule has 29 heavy (non-hydrogen) atoms. The van der Waals surface area contributed by atoms with Crippen molar-refractivity contribution in [2.24, 2.45) is 5.14 Å². The Kier molecular flexibility index (Phi) is 9.64. The predicted octanol–water partition coefficient (Wildman–Crippen LogP) is 2.51. The van der Waals surface area contributed by atoms with Crippen molar-refractivity contribution in [3.8, 4) is 17.2 Å². The van der Waals surface area contributed by atoms with Crippen LogP contribution in [0.3, 0.4) is 0 Å². The minimum Gasteiger partial charge on any atom is -0.495 e. The number of ether oxygens (including phenoxy) is 3. The van der Waals surface area contributed by atoms with E-state index in [0.717, 1.165) is 5.56 Å². The van der Waals surface area contributed by atoms with Gasteiger partial charge in [0.25, 0.3) is 0 Å². The second-order valence-corrected chi connectivity index (χ2v) is 7.76. The van der Waals surface area contributed by atoms with Gasteiger partial charge in [-0.2, -0.15) is 0 Å². The number of benzene rings is 2. The minimum atomic E-state index is -3.87. The van der Waals surface area contributed by atoms with Crippen molar-refractivity contribution in [1.82, 2.24) is 5.32 Å². The fraction of sp³-hybridized carbons (Fsp3) is 0.368. The Balaban J connectivity index is 0.00000420. The summed E-state index contributed by atoms with van der Waals surface area (Å²) in [5, 5.41) is 8.51. The van der Waals surface area contributed by atoms with Gasteiger partial charge in [0.1, 0.15) is 23.1 Å². The van der Waals surface area contributed by atoms with Crippen LogP contribution in [0.25, 0.3) is 0 Å². The number of hydrogen-bond donors (Lipinski definition) is 2. The lowest BCUT2D eigenvalue weighted by atomic mass is 10.1. The van der Waals surface area contributed by atoms with Gasteiger partial charge in [0.05, 0.1) is 14.2 Å². The molecule has 0 heterocycles. The van der Waals surface area contributed by atoms with Crippen molar-refractivity contribution in [3.05, 3.63) is 47.8 Å². The average Bonchev–Trinajstić information content (AvgIpc) is 2.64. The van der Waals surface area contributed by atoms with Gasteiger partial charge in [0, 0.05) is 18.7 Å². The number of methoxy groups -OCH3 is 2. The number of rotatable bonds is 10. The Morgan fingerprint density at radius 3 is 2.34 bits per heavy atom. The summed E-state index contributed by atoms with van der Waals surface area (Å²) in [5.74, 6) is 0.611. The van der Waals surface area contributed by atoms with Crippen molar-refractivity contribution >= 4 is 22.4 Å². The molecule has 0 radical (unpaired) electrons. The minimum absolute atomic E-state index is 0. The molecule has 0 amide bonds. The maximum atomic E-state index is 13.3. The van der Waals surface area contributed by atoms with E-state index >= 15 is 0 Å². The van der Waals surface area contributed by atoms with Gasteiger partial charge >= 0.3 is 0 Å². The summed E-state index contributed by atoms with van der Waals surface area (Å²) in [6.07, 6.45) is 0.579. The lowest BCUT2D eigenvalue weighted by molar-refractivity contribution is 0.285. The Morgan fingerprint density at radius 2 is 1.72 bits per heavy atom. The number of nitrogens with two attached hydrogens (primary N) is 1. The van der Waals surface area contributed by atoms with Gasteiger partial charge in [-0.05, 0) is 43.2 Å². The first-order valence-corrected chi connectivity index (χ1v) is 10.2. The molecule has 1 atom stereocenters. The quantitative estimate of drug-likeness (QED) is 0.542. The zero-order chi connectivity index (χ0) is 20.7. The lowest BCUT2D eigenvalue weighted by Gasteiger charge is -2.16. The summed E-state index contributed by atoms with van der Waals surface area (Å²) in [7, 11) is -0.992. The number of primary sulfonamides is 1. The van der Waals surface area contributed by atoms with Crippen molar-refractivity contribution in [1.29, 1.82) is 0 Å². The first kappa shape index (κ1) is 25.0. The van der Waals surface area contributed by atoms with Gasteiger partial charge < -0.3 is 19.5 Å². The zero-order valence-electron chi connectivity index (χ0n) is 16.5. The van der Waals surface area contributed by atoms with E-state index in [1.807, 2.05) is 6.92 Å². The van der Waals surface area contributed by atoms with Crippen LogP contribution in [0.2, 0.25) is 0 Å². The SMILES string of the molecule is COc1ccc(F)cc1OCCN[C@@H](C)Cc1ccc(OC)c(S(N)(=O)=O)c1.Cl. The molecule has 0 aliphatic heterocycles. The van der Waals surface area contributed by atoms with E-state index in [1.54, 1.807) is 12.1 Å². The lowest BCUT2D eigenvalue weighted by Crippen LogP contribution is -2.32. The fourth-order valence-corrected chi connectivity index (χ4v) is 3.47. The molecule has 0 aromatic heterocycles. The Morgan fingerprint density at radius 1 is 1.07 bits per heavy atom. The van der Waals surface area contributed by atoms with Crippen LogP contribution in [0.15, 0.2) is 41.3 Å². The first-order valence-electron chi connectivity index (χ1n) is 8.64. The highest BCUT2D eigenvalue weighted by Crippen LogP contribution is 2.27. The molecule has 0 unspecified atom stereocenters. The summed E-state index contributed by atoms with van der Waals surface area (Å²) in [6.45, 7) is 2.79. The molecular formula is C19H26ClFN2O5S. The van der Waals surface area contributed by atoms with Gasteiger partial charge in [0.2, 0.25) is 10.0 Å². The van der Waals surface area contributed by atoms with Crippen molar-refractivity contribution in [2.75, 3.05) is 27.4 Å². The van der Waals surface area contributed by atoms with Crippen molar-refractivity contribution in [2.45, 2.75) is 24.3 Å². The Labute approximate surface area is 176 Å². The normalized spacial score (nSPS) is 12.0. The number of nitrogens with one attached hydrogen (secondary N) is 1. The van der Waals surface area contributed by atoms with E-state index in [1.165, 1.54) is 38.5 Å². The molecule has 7 nitrogen and oxygen atoms in total. The second-order valence-electron chi connectivity index (χ2n) is 6.23. The van der Waals surface area contributed by atoms with Crippen LogP contribution in [0, 0.1) is 5.82 Å². The molecule has 0 aliphatic rings. The highest BCUT2D eigenvalue weighted by Gasteiger charge is 2.16. The average molecular weight is 449 g/mol. The van der Waals surface area contributed by atoms with Crippen LogP contribution in [0.5, 0.6) is 17.2 Å². The summed E-state index contributed by atoms with van der Waals surface area (Å²) in [4.78, 5) is -0.0405. The standard InChI is InChI=1S/C19H25FN2O5S.ClH/c1-13(10-14-4-6-17(26-3)19(11-14)28(21,23)24)22-8-9-27-18-12-15(20)5-7-16(18)25-2;/h4-7,11-13,22H,8-10H2,1-3H3,(H2,21,23,24);1H/t13-;/m0./s1. The van der Waals surface area contributed by atoms with Crippen LogP contribution in [-0.2, 0) is 16.4 Å². The predicted molar refractivity (Wildman–Crippen MR) is 111 cm³/mol. The third-order valence-corrected chi connectivity index (χ3v) is 4.99.